The van der Waals surface area contributed by atoms with E-state index < -0.39 is 0 Å². The van der Waals surface area contributed by atoms with E-state index in [9.17, 15) is 0 Å². The summed E-state index contributed by atoms with van der Waals surface area (Å²) in [5.41, 5.74) is 1.18. The highest BCUT2D eigenvalue weighted by Gasteiger charge is 2.01. The Kier molecular flexibility index (Phi) is 5.15. The molecule has 0 unspecified atom stereocenters. The molecule has 1 aromatic heterocycles. The summed E-state index contributed by atoms with van der Waals surface area (Å²) in [6.07, 6.45) is 2.24. The molecule has 0 aliphatic carbocycles. The smallest absolute Gasteiger partial charge is 0.202 e. The van der Waals surface area contributed by atoms with Crippen LogP contribution in [0.25, 0.3) is 0 Å². The fraction of sp³-hybridized carbons (Fsp3) is 0.429. The van der Waals surface area contributed by atoms with Gasteiger partial charge in [0.25, 0.3) is 0 Å². The summed E-state index contributed by atoms with van der Waals surface area (Å²) >= 11 is 1.39. The van der Waals surface area contributed by atoms with Gasteiger partial charge in [-0.25, -0.2) is 4.98 Å². The molecule has 102 valence electrons. The summed E-state index contributed by atoms with van der Waals surface area (Å²) in [5.74, 6) is 1.74. The number of aryl methyl sites for hydroxylation is 1. The van der Waals surface area contributed by atoms with E-state index in [2.05, 4.69) is 33.7 Å². The Morgan fingerprint density at radius 3 is 3.00 bits per heavy atom. The number of hydrogen-bond acceptors (Lipinski definition) is 5. The first-order valence-corrected chi connectivity index (χ1v) is 7.31. The van der Waals surface area contributed by atoms with Crippen LogP contribution in [0, 0.1) is 6.92 Å². The second-order valence-corrected chi connectivity index (χ2v) is 5.10. The zero-order chi connectivity index (χ0) is 13.5. The molecule has 0 atom stereocenters. The van der Waals surface area contributed by atoms with Crippen molar-refractivity contribution in [1.82, 2.24) is 9.36 Å². The predicted molar refractivity (Wildman–Crippen MR) is 78.8 cm³/mol. The molecule has 0 saturated heterocycles. The Balaban J connectivity index is 1.87. The Morgan fingerprint density at radius 2 is 2.26 bits per heavy atom. The Hall–Kier alpha value is -1.62. The highest BCUT2D eigenvalue weighted by atomic mass is 32.1. The molecule has 0 saturated carbocycles. The highest BCUT2D eigenvalue weighted by Crippen LogP contribution is 2.16. The maximum Gasteiger partial charge on any atom is 0.202 e. The Labute approximate surface area is 118 Å². The lowest BCUT2D eigenvalue weighted by atomic mass is 10.2. The third-order valence-corrected chi connectivity index (χ3v) is 3.40. The van der Waals surface area contributed by atoms with Crippen molar-refractivity contribution >= 4 is 16.7 Å². The number of rotatable bonds is 7. The Bertz CT molecular complexity index is 513. The van der Waals surface area contributed by atoms with Gasteiger partial charge in [-0.3, -0.25) is 0 Å². The molecule has 0 aliphatic heterocycles. The van der Waals surface area contributed by atoms with Gasteiger partial charge in [-0.15, -0.1) is 0 Å². The van der Waals surface area contributed by atoms with Crippen LogP contribution in [0.2, 0.25) is 0 Å². The maximum absolute atomic E-state index is 5.69. The zero-order valence-corrected chi connectivity index (χ0v) is 12.2. The summed E-state index contributed by atoms with van der Waals surface area (Å²) in [6, 6.07) is 8.15. The second kappa shape index (κ2) is 7.09. The van der Waals surface area contributed by atoms with Crippen LogP contribution in [0.3, 0.4) is 0 Å². The molecule has 0 aliphatic rings. The third kappa shape index (κ3) is 4.52. The summed E-state index contributed by atoms with van der Waals surface area (Å²) in [7, 11) is 0. The fourth-order valence-corrected chi connectivity index (χ4v) is 2.20. The van der Waals surface area contributed by atoms with E-state index in [4.69, 9.17) is 4.74 Å². The fourth-order valence-electron chi connectivity index (χ4n) is 1.63. The molecule has 0 fully saturated rings. The number of nitrogens with zero attached hydrogens (tertiary/aromatic N) is 2. The normalized spacial score (nSPS) is 10.4. The van der Waals surface area contributed by atoms with Crippen LogP contribution in [-0.2, 0) is 6.54 Å². The van der Waals surface area contributed by atoms with Crippen molar-refractivity contribution < 1.29 is 4.74 Å². The van der Waals surface area contributed by atoms with Gasteiger partial charge in [-0.1, -0.05) is 25.5 Å². The summed E-state index contributed by atoms with van der Waals surface area (Å²) in [4.78, 5) is 4.27. The summed E-state index contributed by atoms with van der Waals surface area (Å²) < 4.78 is 9.83. The van der Waals surface area contributed by atoms with E-state index in [0.717, 1.165) is 42.7 Å². The average Bonchev–Trinajstić information content (AvgIpc) is 2.83. The van der Waals surface area contributed by atoms with Gasteiger partial charge in [0.15, 0.2) is 0 Å². The van der Waals surface area contributed by atoms with Crippen molar-refractivity contribution in [2.24, 2.45) is 0 Å². The number of anilines is 1. The van der Waals surface area contributed by atoms with Crippen molar-refractivity contribution in [3.63, 3.8) is 0 Å². The zero-order valence-electron chi connectivity index (χ0n) is 11.3. The van der Waals surface area contributed by atoms with Gasteiger partial charge in [-0.05, 0) is 31.0 Å². The van der Waals surface area contributed by atoms with Crippen LogP contribution in [0.15, 0.2) is 24.3 Å². The molecule has 1 N–H and O–H groups in total. The van der Waals surface area contributed by atoms with E-state index in [0.29, 0.717) is 0 Å². The van der Waals surface area contributed by atoms with E-state index in [1.54, 1.807) is 0 Å². The quantitative estimate of drug-likeness (QED) is 0.785. The van der Waals surface area contributed by atoms with Crippen molar-refractivity contribution in [3.05, 3.63) is 35.7 Å². The molecule has 2 rings (SSSR count). The molecule has 0 amide bonds. The van der Waals surface area contributed by atoms with Crippen LogP contribution in [0.1, 0.15) is 31.2 Å². The highest BCUT2D eigenvalue weighted by molar-refractivity contribution is 7.09. The minimum Gasteiger partial charge on any atom is -0.494 e. The van der Waals surface area contributed by atoms with E-state index in [1.807, 2.05) is 19.1 Å². The standard InChI is InChI=1S/C14H19N3OS/c1-3-4-8-18-13-7-5-6-12(9-13)10-15-14-16-11(2)17-19-14/h5-7,9H,3-4,8,10H2,1-2H3,(H,15,16,17). The predicted octanol–water partition coefficient (Wildman–Crippen LogP) is 3.64. The number of unbranched alkanes of at least 4 members (excludes halogenated alkanes) is 1. The first kappa shape index (κ1) is 13.8. The number of hydrogen-bond donors (Lipinski definition) is 1. The van der Waals surface area contributed by atoms with Gasteiger partial charge in [0.05, 0.1) is 6.61 Å². The van der Waals surface area contributed by atoms with Gasteiger partial charge in [0.2, 0.25) is 5.13 Å². The minimum absolute atomic E-state index is 0.736. The molecular formula is C14H19N3OS. The number of nitrogens with one attached hydrogen (secondary N) is 1. The molecule has 1 aromatic carbocycles. The Morgan fingerprint density at radius 1 is 1.37 bits per heavy atom. The minimum atomic E-state index is 0.736. The number of ether oxygens (including phenoxy) is 1. The largest absolute Gasteiger partial charge is 0.494 e. The summed E-state index contributed by atoms with van der Waals surface area (Å²) in [6.45, 7) is 5.57. The molecule has 5 heteroatoms. The van der Waals surface area contributed by atoms with Crippen LogP contribution in [0.5, 0.6) is 5.75 Å². The van der Waals surface area contributed by atoms with Crippen LogP contribution in [0.4, 0.5) is 5.13 Å². The lowest BCUT2D eigenvalue weighted by Gasteiger charge is -2.07. The molecule has 0 spiro atoms. The van der Waals surface area contributed by atoms with Gasteiger partial charge in [0.1, 0.15) is 11.6 Å². The lowest BCUT2D eigenvalue weighted by molar-refractivity contribution is 0.309. The lowest BCUT2D eigenvalue weighted by Crippen LogP contribution is -2.01. The second-order valence-electron chi connectivity index (χ2n) is 4.35. The molecular weight excluding hydrogens is 258 g/mol. The molecule has 2 aromatic rings. The first-order valence-electron chi connectivity index (χ1n) is 6.54. The van der Waals surface area contributed by atoms with Crippen molar-refractivity contribution in [2.45, 2.75) is 33.2 Å². The maximum atomic E-state index is 5.69. The SMILES string of the molecule is CCCCOc1cccc(CNc2nc(C)ns2)c1. The van der Waals surface area contributed by atoms with E-state index >= 15 is 0 Å². The first-order chi connectivity index (χ1) is 9.28. The van der Waals surface area contributed by atoms with Crippen molar-refractivity contribution in [1.29, 1.82) is 0 Å². The number of benzene rings is 1. The van der Waals surface area contributed by atoms with Crippen molar-refractivity contribution in [2.75, 3.05) is 11.9 Å². The molecule has 0 radical (unpaired) electrons. The van der Waals surface area contributed by atoms with Gasteiger partial charge < -0.3 is 10.1 Å². The molecule has 0 bridgehead atoms. The van der Waals surface area contributed by atoms with Gasteiger partial charge in [0, 0.05) is 18.1 Å². The van der Waals surface area contributed by atoms with Crippen LogP contribution >= 0.6 is 11.5 Å². The monoisotopic (exact) mass is 277 g/mol. The van der Waals surface area contributed by atoms with Gasteiger partial charge in [-0.2, -0.15) is 4.37 Å². The van der Waals surface area contributed by atoms with E-state index in [1.165, 1.54) is 17.1 Å². The van der Waals surface area contributed by atoms with Crippen LogP contribution in [-0.4, -0.2) is 16.0 Å². The van der Waals surface area contributed by atoms with Crippen molar-refractivity contribution in [3.8, 4) is 5.75 Å². The van der Waals surface area contributed by atoms with Crippen LogP contribution < -0.4 is 10.1 Å². The molecule has 19 heavy (non-hydrogen) atoms. The van der Waals surface area contributed by atoms with Gasteiger partial charge >= 0.3 is 0 Å². The average molecular weight is 277 g/mol. The number of aromatic nitrogens is 2. The third-order valence-electron chi connectivity index (χ3n) is 2.64. The molecule has 4 nitrogen and oxygen atoms in total. The summed E-state index contributed by atoms with van der Waals surface area (Å²) in [5, 5.41) is 4.12. The molecule has 1 heterocycles. The van der Waals surface area contributed by atoms with E-state index in [-0.39, 0.29) is 0 Å². The topological polar surface area (TPSA) is 47.0 Å².